The summed E-state index contributed by atoms with van der Waals surface area (Å²) in [6.07, 6.45) is 6.03. The fourth-order valence-corrected chi connectivity index (χ4v) is 6.05. The van der Waals surface area contributed by atoms with Crippen molar-refractivity contribution in [2.45, 2.75) is 50.1 Å². The van der Waals surface area contributed by atoms with Crippen molar-refractivity contribution in [2.24, 2.45) is 5.73 Å². The molecule has 3 aromatic rings. The second-order valence-electron chi connectivity index (χ2n) is 10.6. The minimum Gasteiger partial charge on any atom is -0.437 e. The monoisotopic (exact) mass is 701 g/mol. The number of unbranched alkanes of at least 4 members (excludes halogenated alkanes) is 1. The van der Waals surface area contributed by atoms with E-state index in [9.17, 15) is 22.4 Å². The topological polar surface area (TPSA) is 135 Å². The summed E-state index contributed by atoms with van der Waals surface area (Å²) in [4.78, 5) is 33.4. The number of sulfone groups is 1. The van der Waals surface area contributed by atoms with Gasteiger partial charge in [0.05, 0.1) is 26.2 Å². The van der Waals surface area contributed by atoms with Gasteiger partial charge in [-0.15, -0.1) is 12.4 Å². The molecule has 3 amide bonds. The standard InChI is InChI=1S/C30H34Cl2FN5O5S.ClH/c1-3-4-11-38(30(40)36-26-15-22(29(34)39)25(33)16-23(26)31)20-9-12-37(13-10-20)18-19-5-8-28(35-17-19)43-27-7-6-21(14-24(27)32)44(2,41)42;/h5-8,14-17,20H,3-4,9-13,18H2,1-2H3,(H2,34,39)(H,36,40);1H. The van der Waals surface area contributed by atoms with E-state index in [-0.39, 0.29) is 50.7 Å². The van der Waals surface area contributed by atoms with Crippen molar-refractivity contribution >= 4 is 63.1 Å². The zero-order valence-corrected chi connectivity index (χ0v) is 27.9. The first-order valence-corrected chi connectivity index (χ1v) is 16.7. The summed E-state index contributed by atoms with van der Waals surface area (Å²) in [5, 5.41) is 2.88. The molecule has 15 heteroatoms. The predicted octanol–water partition coefficient (Wildman–Crippen LogP) is 6.54. The van der Waals surface area contributed by atoms with Gasteiger partial charge in [0.25, 0.3) is 5.91 Å². The third-order valence-corrected chi connectivity index (χ3v) is 9.04. The number of pyridine rings is 1. The van der Waals surface area contributed by atoms with Crippen molar-refractivity contribution in [1.82, 2.24) is 14.8 Å². The average Bonchev–Trinajstić information content (AvgIpc) is 2.97. The van der Waals surface area contributed by atoms with Crippen LogP contribution in [0.15, 0.2) is 53.6 Å². The minimum absolute atomic E-state index is 0. The molecule has 0 aliphatic carbocycles. The number of nitrogens with zero attached hydrogens (tertiary/aromatic N) is 3. The normalized spacial score (nSPS) is 14.0. The smallest absolute Gasteiger partial charge is 0.322 e. The number of piperidine rings is 1. The molecule has 1 aliphatic rings. The molecule has 0 radical (unpaired) electrons. The second kappa shape index (κ2) is 15.9. The summed E-state index contributed by atoms with van der Waals surface area (Å²) in [5.74, 6) is -1.18. The van der Waals surface area contributed by atoms with Gasteiger partial charge in [0.2, 0.25) is 5.88 Å². The van der Waals surface area contributed by atoms with Crippen LogP contribution in [-0.2, 0) is 16.4 Å². The Balaban J connectivity index is 0.00000552. The van der Waals surface area contributed by atoms with E-state index >= 15 is 0 Å². The maximum Gasteiger partial charge on any atom is 0.322 e. The van der Waals surface area contributed by atoms with Gasteiger partial charge in [0.1, 0.15) is 11.6 Å². The molecule has 10 nitrogen and oxygen atoms in total. The first-order chi connectivity index (χ1) is 20.8. The highest BCUT2D eigenvalue weighted by Crippen LogP contribution is 2.31. The molecule has 2 heterocycles. The van der Waals surface area contributed by atoms with Crippen LogP contribution in [0.2, 0.25) is 10.0 Å². The number of halogens is 4. The van der Waals surface area contributed by atoms with E-state index in [0.717, 1.165) is 62.7 Å². The number of likely N-dealkylation sites (tertiary alicyclic amines) is 1. The van der Waals surface area contributed by atoms with Crippen LogP contribution < -0.4 is 15.8 Å². The molecule has 0 atom stereocenters. The Morgan fingerprint density at radius 3 is 2.42 bits per heavy atom. The number of benzene rings is 2. The van der Waals surface area contributed by atoms with Crippen molar-refractivity contribution in [1.29, 1.82) is 0 Å². The first kappa shape index (κ1) is 36.3. The summed E-state index contributed by atoms with van der Waals surface area (Å²) in [7, 11) is -3.38. The van der Waals surface area contributed by atoms with Crippen LogP contribution in [0.25, 0.3) is 0 Å². The predicted molar refractivity (Wildman–Crippen MR) is 175 cm³/mol. The fraction of sp³-hybridized carbons (Fsp3) is 0.367. The molecule has 4 rings (SSSR count). The molecule has 244 valence electrons. The Morgan fingerprint density at radius 2 is 1.84 bits per heavy atom. The second-order valence-corrected chi connectivity index (χ2v) is 13.5. The summed E-state index contributed by atoms with van der Waals surface area (Å²) in [6, 6.07) is 9.64. The van der Waals surface area contributed by atoms with E-state index in [1.807, 2.05) is 13.0 Å². The number of rotatable bonds is 11. The number of hydrogen-bond acceptors (Lipinski definition) is 7. The number of primary amides is 1. The summed E-state index contributed by atoms with van der Waals surface area (Å²) in [5.41, 5.74) is 6.01. The number of carbonyl (C=O) groups is 2. The van der Waals surface area contributed by atoms with Crippen LogP contribution in [0.4, 0.5) is 14.9 Å². The molecule has 1 aliphatic heterocycles. The Bertz CT molecular complexity index is 1620. The van der Waals surface area contributed by atoms with E-state index in [2.05, 4.69) is 15.2 Å². The number of nitrogens with one attached hydrogen (secondary N) is 1. The Morgan fingerprint density at radius 1 is 1.13 bits per heavy atom. The molecule has 1 saturated heterocycles. The van der Waals surface area contributed by atoms with Crippen molar-refractivity contribution < 1.29 is 27.1 Å². The molecule has 0 spiro atoms. The van der Waals surface area contributed by atoms with E-state index in [4.69, 9.17) is 33.7 Å². The zero-order chi connectivity index (χ0) is 32.0. The molecular formula is C30H35Cl3FN5O5S. The number of urea groups is 1. The van der Waals surface area contributed by atoms with Gasteiger partial charge in [-0.25, -0.2) is 22.6 Å². The van der Waals surface area contributed by atoms with Crippen molar-refractivity contribution in [3.8, 4) is 11.6 Å². The van der Waals surface area contributed by atoms with E-state index in [1.165, 1.54) is 18.2 Å². The number of aromatic nitrogens is 1. The largest absolute Gasteiger partial charge is 0.437 e. The molecule has 2 aromatic carbocycles. The summed E-state index contributed by atoms with van der Waals surface area (Å²) < 4.78 is 43.3. The third kappa shape index (κ3) is 9.67. The lowest BCUT2D eigenvalue weighted by molar-refractivity contribution is 0.0996. The van der Waals surface area contributed by atoms with E-state index in [1.54, 1.807) is 17.2 Å². The molecule has 0 unspecified atom stereocenters. The number of ether oxygens (including phenoxy) is 1. The summed E-state index contributed by atoms with van der Waals surface area (Å²) in [6.45, 7) is 4.75. The van der Waals surface area contributed by atoms with Gasteiger partial charge in [0.15, 0.2) is 9.84 Å². The van der Waals surface area contributed by atoms with Gasteiger partial charge in [-0.1, -0.05) is 42.6 Å². The number of carbonyl (C=O) groups excluding carboxylic acids is 2. The third-order valence-electron chi connectivity index (χ3n) is 7.32. The van der Waals surface area contributed by atoms with Gasteiger partial charge >= 0.3 is 6.03 Å². The Labute approximate surface area is 278 Å². The van der Waals surface area contributed by atoms with E-state index < -0.39 is 21.6 Å². The molecule has 0 saturated carbocycles. The number of hydrogen-bond donors (Lipinski definition) is 2. The average molecular weight is 703 g/mol. The van der Waals surface area contributed by atoms with Gasteiger partial charge in [-0.3, -0.25) is 9.69 Å². The highest BCUT2D eigenvalue weighted by atomic mass is 35.5. The molecule has 1 aromatic heterocycles. The van der Waals surface area contributed by atoms with Gasteiger partial charge in [-0.05, 0) is 55.2 Å². The Hall–Kier alpha value is -3.16. The van der Waals surface area contributed by atoms with Crippen molar-refractivity contribution in [3.05, 3.63) is 75.7 Å². The van der Waals surface area contributed by atoms with Crippen LogP contribution in [0.5, 0.6) is 11.6 Å². The fourth-order valence-electron chi connectivity index (χ4n) is 4.92. The summed E-state index contributed by atoms with van der Waals surface area (Å²) >= 11 is 12.4. The van der Waals surface area contributed by atoms with Crippen molar-refractivity contribution in [2.75, 3.05) is 31.2 Å². The maximum absolute atomic E-state index is 14.1. The lowest BCUT2D eigenvalue weighted by Crippen LogP contribution is -2.49. The molecule has 3 N–H and O–H groups in total. The van der Waals surface area contributed by atoms with Crippen LogP contribution in [-0.4, -0.2) is 67.1 Å². The lowest BCUT2D eigenvalue weighted by atomic mass is 10.0. The van der Waals surface area contributed by atoms with Crippen LogP contribution >= 0.6 is 35.6 Å². The Kier molecular flexibility index (Phi) is 12.8. The van der Waals surface area contributed by atoms with Crippen molar-refractivity contribution in [3.63, 3.8) is 0 Å². The molecule has 0 bridgehead atoms. The molecule has 45 heavy (non-hydrogen) atoms. The molecule has 1 fully saturated rings. The number of nitrogens with two attached hydrogens (primary N) is 1. The van der Waals surface area contributed by atoms with Gasteiger partial charge in [-0.2, -0.15) is 0 Å². The van der Waals surface area contributed by atoms with Gasteiger partial charge in [0, 0.05) is 50.7 Å². The number of amides is 3. The van der Waals surface area contributed by atoms with Crippen LogP contribution in [0, 0.1) is 5.82 Å². The number of anilines is 1. The SMILES string of the molecule is CCCCN(C(=O)Nc1cc(C(N)=O)c(F)cc1Cl)C1CCN(Cc2ccc(Oc3ccc(S(C)(=O)=O)cc3Cl)nc2)CC1.Cl. The lowest BCUT2D eigenvalue weighted by Gasteiger charge is -2.38. The molecular weight excluding hydrogens is 668 g/mol. The minimum atomic E-state index is -3.38. The van der Waals surface area contributed by atoms with Crippen LogP contribution in [0.1, 0.15) is 48.5 Å². The maximum atomic E-state index is 14.1. The van der Waals surface area contributed by atoms with E-state index in [0.29, 0.717) is 24.7 Å². The first-order valence-electron chi connectivity index (χ1n) is 14.1. The van der Waals surface area contributed by atoms with Gasteiger partial charge < -0.3 is 20.7 Å². The van der Waals surface area contributed by atoms with Crippen LogP contribution in [0.3, 0.4) is 0 Å². The zero-order valence-electron chi connectivity index (χ0n) is 24.8. The highest BCUT2D eigenvalue weighted by molar-refractivity contribution is 7.90. The highest BCUT2D eigenvalue weighted by Gasteiger charge is 2.28. The quantitative estimate of drug-likeness (QED) is 0.232.